The lowest BCUT2D eigenvalue weighted by molar-refractivity contribution is -0.129. The minimum atomic E-state index is 0.181. The smallest absolute Gasteiger partial charge is 0.225 e. The number of carbonyl (C=O) groups excluding carboxylic acids is 1. The molecule has 1 heterocycles. The molecule has 1 N–H and O–H groups in total. The summed E-state index contributed by atoms with van der Waals surface area (Å²) >= 11 is 0. The summed E-state index contributed by atoms with van der Waals surface area (Å²) in [6.07, 6.45) is 0. The Hall–Kier alpha value is -0.570. The van der Waals surface area contributed by atoms with Crippen molar-refractivity contribution in [3.05, 3.63) is 5.92 Å². The van der Waals surface area contributed by atoms with Crippen molar-refractivity contribution in [3.8, 4) is 0 Å². The molecule has 0 aromatic rings. The summed E-state index contributed by atoms with van der Waals surface area (Å²) in [7, 11) is 1.70. The van der Waals surface area contributed by atoms with Gasteiger partial charge in [-0.25, -0.2) is 0 Å². The van der Waals surface area contributed by atoms with Crippen LogP contribution in [0.4, 0.5) is 0 Å². The van der Waals surface area contributed by atoms with Gasteiger partial charge in [-0.3, -0.25) is 4.79 Å². The zero-order valence-electron chi connectivity index (χ0n) is 8.05. The molecular weight excluding hydrogens is 152 g/mol. The first-order valence-electron chi connectivity index (χ1n) is 4.36. The van der Waals surface area contributed by atoms with E-state index in [-0.39, 0.29) is 11.8 Å². The molecule has 0 bridgehead atoms. The van der Waals surface area contributed by atoms with E-state index in [1.165, 1.54) is 5.92 Å². The summed E-state index contributed by atoms with van der Waals surface area (Å²) in [6, 6.07) is 0. The summed E-state index contributed by atoms with van der Waals surface area (Å²) < 4.78 is 0. The lowest BCUT2D eigenvalue weighted by atomic mass is 9.98. The molecule has 1 aliphatic rings. The lowest BCUT2D eigenvalue weighted by Crippen LogP contribution is -2.53. The zero-order valence-corrected chi connectivity index (χ0v) is 8.05. The Labute approximate surface area is 74.1 Å². The Morgan fingerprint density at radius 2 is 2.08 bits per heavy atom. The summed E-state index contributed by atoms with van der Waals surface area (Å²) in [5.74, 6) is 1.82. The quantitative estimate of drug-likeness (QED) is 0.658. The number of nitrogens with one attached hydrogen (secondary N) is 1. The first kappa shape index (κ1) is 9.52. The molecule has 0 aromatic carbocycles. The minimum absolute atomic E-state index is 0.181. The van der Waals surface area contributed by atoms with Crippen LogP contribution in [-0.4, -0.2) is 37.5 Å². The molecular formula is C9H17N2O. The summed E-state index contributed by atoms with van der Waals surface area (Å²) in [5, 5.41) is 2.67. The second-order valence-electron chi connectivity index (χ2n) is 3.71. The highest BCUT2D eigenvalue weighted by molar-refractivity contribution is 5.79. The molecule has 0 spiro atoms. The van der Waals surface area contributed by atoms with E-state index in [1.54, 1.807) is 7.05 Å². The second kappa shape index (κ2) is 3.90. The fourth-order valence-electron chi connectivity index (χ4n) is 1.52. The van der Waals surface area contributed by atoms with Crippen LogP contribution in [0, 0.1) is 11.8 Å². The third-order valence-corrected chi connectivity index (χ3v) is 2.11. The van der Waals surface area contributed by atoms with Crippen LogP contribution in [0.2, 0.25) is 0 Å². The second-order valence-corrected chi connectivity index (χ2v) is 3.71. The van der Waals surface area contributed by atoms with Gasteiger partial charge >= 0.3 is 0 Å². The van der Waals surface area contributed by atoms with Gasteiger partial charge in [-0.2, -0.15) is 0 Å². The fraction of sp³-hybridized carbons (Fsp3) is 0.778. The zero-order chi connectivity index (χ0) is 9.14. The van der Waals surface area contributed by atoms with Gasteiger partial charge < -0.3 is 10.2 Å². The van der Waals surface area contributed by atoms with Gasteiger partial charge in [0.2, 0.25) is 5.91 Å². The lowest BCUT2D eigenvalue weighted by Gasteiger charge is -2.38. The van der Waals surface area contributed by atoms with Crippen molar-refractivity contribution in [3.63, 3.8) is 0 Å². The molecule has 0 saturated carbocycles. The highest BCUT2D eigenvalue weighted by Crippen LogP contribution is 2.17. The number of carbonyl (C=O) groups is 1. The van der Waals surface area contributed by atoms with E-state index in [0.717, 1.165) is 19.6 Å². The average molecular weight is 169 g/mol. The molecule has 1 amide bonds. The van der Waals surface area contributed by atoms with E-state index in [4.69, 9.17) is 0 Å². The van der Waals surface area contributed by atoms with E-state index in [2.05, 4.69) is 24.1 Å². The molecule has 0 aliphatic carbocycles. The maximum absolute atomic E-state index is 11.1. The van der Waals surface area contributed by atoms with Gasteiger partial charge in [0.1, 0.15) is 0 Å². The van der Waals surface area contributed by atoms with Crippen LogP contribution in [0.25, 0.3) is 0 Å². The van der Waals surface area contributed by atoms with Gasteiger partial charge in [0.25, 0.3) is 0 Å². The van der Waals surface area contributed by atoms with Gasteiger partial charge in [-0.15, -0.1) is 0 Å². The molecule has 0 atom stereocenters. The summed E-state index contributed by atoms with van der Waals surface area (Å²) in [6.45, 7) is 7.11. The highest BCUT2D eigenvalue weighted by atomic mass is 16.1. The Bertz CT molecular complexity index is 162. The third kappa shape index (κ3) is 2.21. The average Bonchev–Trinajstić information content (AvgIpc) is 1.94. The molecule has 3 nitrogen and oxygen atoms in total. The number of nitrogens with zero attached hydrogens (tertiary/aromatic N) is 1. The molecule has 1 radical (unpaired) electrons. The molecule has 12 heavy (non-hydrogen) atoms. The Morgan fingerprint density at radius 3 is 2.50 bits per heavy atom. The standard InChI is InChI=1S/C9H17N2O/c1-7(2)4-11-5-8(6-11)9(12)10-3/h8H,4-6H2,1-3H3,(H,10,12). The molecule has 0 unspecified atom stereocenters. The number of hydrogen-bond donors (Lipinski definition) is 1. The van der Waals surface area contributed by atoms with Gasteiger partial charge in [0, 0.05) is 26.7 Å². The monoisotopic (exact) mass is 169 g/mol. The molecule has 3 heteroatoms. The van der Waals surface area contributed by atoms with E-state index < -0.39 is 0 Å². The van der Waals surface area contributed by atoms with Crippen molar-refractivity contribution in [2.24, 2.45) is 5.92 Å². The normalized spacial score (nSPS) is 19.3. The minimum Gasteiger partial charge on any atom is -0.359 e. The number of hydrogen-bond acceptors (Lipinski definition) is 2. The summed E-state index contributed by atoms with van der Waals surface area (Å²) in [4.78, 5) is 13.4. The van der Waals surface area contributed by atoms with Crippen molar-refractivity contribution in [2.75, 3.05) is 26.7 Å². The summed E-state index contributed by atoms with van der Waals surface area (Å²) in [5.41, 5.74) is 0. The molecule has 1 rings (SSSR count). The van der Waals surface area contributed by atoms with Crippen LogP contribution in [-0.2, 0) is 4.79 Å². The maximum atomic E-state index is 11.1. The van der Waals surface area contributed by atoms with Crippen LogP contribution in [0.3, 0.4) is 0 Å². The van der Waals surface area contributed by atoms with Gasteiger partial charge in [0.15, 0.2) is 0 Å². The Balaban J connectivity index is 2.15. The van der Waals surface area contributed by atoms with Crippen LogP contribution in [0.15, 0.2) is 0 Å². The van der Waals surface area contributed by atoms with E-state index in [0.29, 0.717) is 0 Å². The first-order valence-corrected chi connectivity index (χ1v) is 4.36. The molecule has 1 fully saturated rings. The fourth-order valence-corrected chi connectivity index (χ4v) is 1.52. The third-order valence-electron chi connectivity index (χ3n) is 2.11. The van der Waals surface area contributed by atoms with Crippen LogP contribution in [0.5, 0.6) is 0 Å². The van der Waals surface area contributed by atoms with Gasteiger partial charge in [-0.1, -0.05) is 13.8 Å². The van der Waals surface area contributed by atoms with Gasteiger partial charge in [-0.05, 0) is 5.92 Å². The Morgan fingerprint density at radius 1 is 1.50 bits per heavy atom. The van der Waals surface area contributed by atoms with Crippen molar-refractivity contribution in [2.45, 2.75) is 13.8 Å². The van der Waals surface area contributed by atoms with Crippen LogP contribution in [0.1, 0.15) is 13.8 Å². The largest absolute Gasteiger partial charge is 0.359 e. The van der Waals surface area contributed by atoms with Crippen molar-refractivity contribution in [1.29, 1.82) is 0 Å². The van der Waals surface area contributed by atoms with Crippen molar-refractivity contribution in [1.82, 2.24) is 10.2 Å². The van der Waals surface area contributed by atoms with Crippen molar-refractivity contribution >= 4 is 5.91 Å². The SMILES string of the molecule is CNC(=O)C1CN(C[C](C)C)C1. The molecule has 0 aromatic heterocycles. The van der Waals surface area contributed by atoms with Crippen molar-refractivity contribution < 1.29 is 4.79 Å². The first-order chi connectivity index (χ1) is 5.63. The molecule has 1 saturated heterocycles. The van der Waals surface area contributed by atoms with Crippen LogP contribution >= 0.6 is 0 Å². The maximum Gasteiger partial charge on any atom is 0.225 e. The Kier molecular flexibility index (Phi) is 3.09. The van der Waals surface area contributed by atoms with E-state index in [9.17, 15) is 4.79 Å². The van der Waals surface area contributed by atoms with Gasteiger partial charge in [0.05, 0.1) is 5.92 Å². The molecule has 1 aliphatic heterocycles. The highest BCUT2D eigenvalue weighted by Gasteiger charge is 2.31. The molecule has 69 valence electrons. The van der Waals surface area contributed by atoms with E-state index >= 15 is 0 Å². The number of amides is 1. The number of rotatable bonds is 3. The predicted molar refractivity (Wildman–Crippen MR) is 48.6 cm³/mol. The number of likely N-dealkylation sites (tertiary alicyclic amines) is 1. The van der Waals surface area contributed by atoms with E-state index in [1.807, 2.05) is 0 Å². The van der Waals surface area contributed by atoms with Crippen LogP contribution < -0.4 is 5.32 Å². The topological polar surface area (TPSA) is 32.3 Å². The predicted octanol–water partition coefficient (Wildman–Crippen LogP) is 0.278.